The Hall–Kier alpha value is -1.68. The third-order valence-corrected chi connectivity index (χ3v) is 3.66. The number of nitrogens with zero attached hydrogens (tertiary/aromatic N) is 2. The van der Waals surface area contributed by atoms with Crippen molar-refractivity contribution in [3.8, 4) is 0 Å². The summed E-state index contributed by atoms with van der Waals surface area (Å²) in [5, 5.41) is 4.46. The number of hydrogen-bond donors (Lipinski definition) is 1. The van der Waals surface area contributed by atoms with Crippen LogP contribution in [0, 0.1) is 11.7 Å². The van der Waals surface area contributed by atoms with E-state index in [1.807, 2.05) is 23.9 Å². The van der Waals surface area contributed by atoms with Gasteiger partial charge in [0.25, 0.3) is 0 Å². The van der Waals surface area contributed by atoms with Gasteiger partial charge in [-0.1, -0.05) is 19.1 Å². The maximum atomic E-state index is 12.9. The topological polar surface area (TPSA) is 43.8 Å². The minimum Gasteiger partial charge on any atom is -0.330 e. The highest BCUT2D eigenvalue weighted by Crippen LogP contribution is 2.15. The Morgan fingerprint density at radius 3 is 2.50 bits per heavy atom. The van der Waals surface area contributed by atoms with Crippen molar-refractivity contribution in [1.82, 2.24) is 9.78 Å². The second kappa shape index (κ2) is 6.66. The monoisotopic (exact) mass is 275 g/mol. The van der Waals surface area contributed by atoms with Crippen molar-refractivity contribution in [3.05, 3.63) is 53.1 Å². The molecule has 108 valence electrons. The Balaban J connectivity index is 2.04. The number of aromatic nitrogens is 2. The first-order valence-electron chi connectivity index (χ1n) is 7.08. The molecule has 0 saturated carbocycles. The van der Waals surface area contributed by atoms with Crippen LogP contribution >= 0.6 is 0 Å². The lowest BCUT2D eigenvalue weighted by Crippen LogP contribution is -2.20. The molecule has 1 aromatic heterocycles. The van der Waals surface area contributed by atoms with Crippen molar-refractivity contribution in [2.45, 2.75) is 26.2 Å². The van der Waals surface area contributed by atoms with Gasteiger partial charge in [-0.3, -0.25) is 4.68 Å². The predicted octanol–water partition coefficient (Wildman–Crippen LogP) is 2.48. The number of benzene rings is 1. The molecule has 0 amide bonds. The van der Waals surface area contributed by atoms with E-state index in [4.69, 9.17) is 5.73 Å². The van der Waals surface area contributed by atoms with Crippen LogP contribution in [0.25, 0.3) is 0 Å². The van der Waals surface area contributed by atoms with E-state index >= 15 is 0 Å². The lowest BCUT2D eigenvalue weighted by atomic mass is 9.94. The van der Waals surface area contributed by atoms with Crippen LogP contribution in [0.15, 0.2) is 30.3 Å². The maximum absolute atomic E-state index is 12.9. The minimum atomic E-state index is -0.197. The molecule has 1 atom stereocenters. The van der Waals surface area contributed by atoms with E-state index in [1.165, 1.54) is 17.8 Å². The maximum Gasteiger partial charge on any atom is 0.123 e. The van der Waals surface area contributed by atoms with Crippen molar-refractivity contribution in [1.29, 1.82) is 0 Å². The highest BCUT2D eigenvalue weighted by molar-refractivity contribution is 5.18. The standard InChI is InChI=1S/C16H22FN3/c1-3-15-10-16(20(2)19-15)9-13(11-18)8-12-4-6-14(17)7-5-12/h4-7,10,13H,3,8-9,11,18H2,1-2H3. The van der Waals surface area contributed by atoms with Gasteiger partial charge in [-0.25, -0.2) is 4.39 Å². The molecule has 20 heavy (non-hydrogen) atoms. The predicted molar refractivity (Wildman–Crippen MR) is 78.9 cm³/mol. The molecule has 0 spiro atoms. The fourth-order valence-electron chi connectivity index (χ4n) is 2.42. The summed E-state index contributed by atoms with van der Waals surface area (Å²) in [7, 11) is 1.97. The van der Waals surface area contributed by atoms with E-state index in [-0.39, 0.29) is 5.82 Å². The normalized spacial score (nSPS) is 12.6. The summed E-state index contributed by atoms with van der Waals surface area (Å²) in [6.07, 6.45) is 2.71. The largest absolute Gasteiger partial charge is 0.330 e. The summed E-state index contributed by atoms with van der Waals surface area (Å²) < 4.78 is 14.8. The van der Waals surface area contributed by atoms with Gasteiger partial charge in [0.15, 0.2) is 0 Å². The molecule has 0 fully saturated rings. The van der Waals surface area contributed by atoms with Crippen molar-refractivity contribution in [3.63, 3.8) is 0 Å². The molecular formula is C16H22FN3. The second-order valence-corrected chi connectivity index (χ2v) is 5.24. The van der Waals surface area contributed by atoms with Gasteiger partial charge >= 0.3 is 0 Å². The molecule has 2 rings (SSSR count). The molecule has 2 aromatic rings. The summed E-state index contributed by atoms with van der Waals surface area (Å²) in [5.41, 5.74) is 9.33. The van der Waals surface area contributed by atoms with Crippen LogP contribution in [0.5, 0.6) is 0 Å². The van der Waals surface area contributed by atoms with Crippen molar-refractivity contribution in [2.75, 3.05) is 6.54 Å². The summed E-state index contributed by atoms with van der Waals surface area (Å²) >= 11 is 0. The smallest absolute Gasteiger partial charge is 0.123 e. The third-order valence-electron chi connectivity index (χ3n) is 3.66. The van der Waals surface area contributed by atoms with E-state index in [0.29, 0.717) is 12.5 Å². The Morgan fingerprint density at radius 1 is 1.25 bits per heavy atom. The molecule has 4 heteroatoms. The zero-order valence-corrected chi connectivity index (χ0v) is 12.1. The first-order chi connectivity index (χ1) is 9.62. The van der Waals surface area contributed by atoms with Crippen LogP contribution in [0.1, 0.15) is 23.9 Å². The SMILES string of the molecule is CCc1cc(CC(CN)Cc2ccc(F)cc2)n(C)n1. The minimum absolute atomic E-state index is 0.197. The average molecular weight is 275 g/mol. The first-order valence-corrected chi connectivity index (χ1v) is 7.08. The zero-order valence-electron chi connectivity index (χ0n) is 12.1. The van der Waals surface area contributed by atoms with E-state index in [0.717, 1.165) is 30.5 Å². The van der Waals surface area contributed by atoms with Crippen molar-refractivity contribution in [2.24, 2.45) is 18.7 Å². The fraction of sp³-hybridized carbons (Fsp3) is 0.438. The van der Waals surface area contributed by atoms with E-state index in [2.05, 4.69) is 18.1 Å². The molecule has 1 heterocycles. The molecular weight excluding hydrogens is 253 g/mol. The third kappa shape index (κ3) is 3.67. The van der Waals surface area contributed by atoms with E-state index in [1.54, 1.807) is 0 Å². The van der Waals surface area contributed by atoms with Crippen LogP contribution < -0.4 is 5.73 Å². The molecule has 0 radical (unpaired) electrons. The van der Waals surface area contributed by atoms with Crippen molar-refractivity contribution >= 4 is 0 Å². The van der Waals surface area contributed by atoms with E-state index < -0.39 is 0 Å². The number of rotatable bonds is 6. The van der Waals surface area contributed by atoms with Gasteiger partial charge in [-0.15, -0.1) is 0 Å². The van der Waals surface area contributed by atoms with Crippen LogP contribution in [-0.4, -0.2) is 16.3 Å². The summed E-state index contributed by atoms with van der Waals surface area (Å²) in [4.78, 5) is 0. The number of nitrogens with two attached hydrogens (primary N) is 1. The Kier molecular flexibility index (Phi) is 4.90. The lowest BCUT2D eigenvalue weighted by molar-refractivity contribution is 0.510. The molecule has 1 unspecified atom stereocenters. The van der Waals surface area contributed by atoms with Gasteiger partial charge in [-0.05, 0) is 55.5 Å². The lowest BCUT2D eigenvalue weighted by Gasteiger charge is -2.14. The Morgan fingerprint density at radius 2 is 1.95 bits per heavy atom. The van der Waals surface area contributed by atoms with E-state index in [9.17, 15) is 4.39 Å². The van der Waals surface area contributed by atoms with Crippen LogP contribution in [0.2, 0.25) is 0 Å². The summed E-state index contributed by atoms with van der Waals surface area (Å²) in [6, 6.07) is 8.81. The molecule has 0 aliphatic rings. The second-order valence-electron chi connectivity index (χ2n) is 5.24. The summed E-state index contributed by atoms with van der Waals surface area (Å²) in [6.45, 7) is 2.72. The van der Waals surface area contributed by atoms with Crippen LogP contribution in [0.4, 0.5) is 4.39 Å². The van der Waals surface area contributed by atoms with Gasteiger partial charge in [-0.2, -0.15) is 5.10 Å². The van der Waals surface area contributed by atoms with Crippen LogP contribution in [0.3, 0.4) is 0 Å². The number of aryl methyl sites for hydroxylation is 2. The Bertz CT molecular complexity index is 545. The quantitative estimate of drug-likeness (QED) is 0.880. The molecule has 2 N–H and O–H groups in total. The highest BCUT2D eigenvalue weighted by atomic mass is 19.1. The molecule has 1 aromatic carbocycles. The first kappa shape index (κ1) is 14.7. The fourth-order valence-corrected chi connectivity index (χ4v) is 2.42. The van der Waals surface area contributed by atoms with Gasteiger partial charge in [0, 0.05) is 12.7 Å². The molecule has 0 aliphatic heterocycles. The average Bonchev–Trinajstić information content (AvgIpc) is 2.81. The molecule has 0 aliphatic carbocycles. The van der Waals surface area contributed by atoms with Gasteiger partial charge < -0.3 is 5.73 Å². The van der Waals surface area contributed by atoms with Crippen molar-refractivity contribution < 1.29 is 4.39 Å². The summed E-state index contributed by atoms with van der Waals surface area (Å²) in [5.74, 6) is 0.151. The highest BCUT2D eigenvalue weighted by Gasteiger charge is 2.13. The Labute approximate surface area is 119 Å². The van der Waals surface area contributed by atoms with Crippen LogP contribution in [-0.2, 0) is 26.3 Å². The van der Waals surface area contributed by atoms with Gasteiger partial charge in [0.05, 0.1) is 5.69 Å². The number of halogens is 1. The molecule has 0 saturated heterocycles. The molecule has 0 bridgehead atoms. The molecule has 3 nitrogen and oxygen atoms in total. The van der Waals surface area contributed by atoms with Gasteiger partial charge in [0.2, 0.25) is 0 Å². The number of hydrogen-bond acceptors (Lipinski definition) is 2. The zero-order chi connectivity index (χ0) is 14.5. The van der Waals surface area contributed by atoms with Gasteiger partial charge in [0.1, 0.15) is 5.82 Å².